The number of hydrogen-bond acceptors (Lipinski definition) is 5. The fraction of sp³-hybridized carbons (Fsp3) is 0.364. The van der Waals surface area contributed by atoms with Gasteiger partial charge in [0, 0.05) is 24.6 Å². The first-order valence-corrected chi connectivity index (χ1v) is 9.63. The van der Waals surface area contributed by atoms with Crippen molar-refractivity contribution in [1.29, 1.82) is 0 Å². The summed E-state index contributed by atoms with van der Waals surface area (Å²) in [4.78, 5) is 24.0. The van der Waals surface area contributed by atoms with Gasteiger partial charge in [-0.15, -0.1) is 0 Å². The summed E-state index contributed by atoms with van der Waals surface area (Å²) < 4.78 is 17.1. The zero-order valence-electron chi connectivity index (χ0n) is 15.6. The van der Waals surface area contributed by atoms with Gasteiger partial charge < -0.3 is 19.5 Å². The minimum Gasteiger partial charge on any atom is -0.455 e. The van der Waals surface area contributed by atoms with E-state index in [1.165, 1.54) is 6.42 Å². The van der Waals surface area contributed by atoms with Gasteiger partial charge in [0.15, 0.2) is 18.1 Å². The van der Waals surface area contributed by atoms with E-state index in [9.17, 15) is 9.59 Å². The molecule has 28 heavy (non-hydrogen) atoms. The summed E-state index contributed by atoms with van der Waals surface area (Å²) in [6, 6.07) is 14.6. The molecule has 6 nitrogen and oxygen atoms in total. The number of ether oxygens (including phenoxy) is 3. The molecule has 2 aliphatic rings. The number of amides is 1. The SMILES string of the molecule is O=C(COC(=O)Cc1ccccc1)Nc1ccc2c(c1)OC1(CCCCC1)O2. The maximum absolute atomic E-state index is 12.1. The van der Waals surface area contributed by atoms with Gasteiger partial charge in [0.2, 0.25) is 0 Å². The maximum atomic E-state index is 12.1. The summed E-state index contributed by atoms with van der Waals surface area (Å²) in [5, 5.41) is 2.73. The van der Waals surface area contributed by atoms with E-state index in [4.69, 9.17) is 14.2 Å². The zero-order valence-corrected chi connectivity index (χ0v) is 15.6. The van der Waals surface area contributed by atoms with Crippen LogP contribution in [0.1, 0.15) is 37.7 Å². The van der Waals surface area contributed by atoms with Crippen LogP contribution in [0.25, 0.3) is 0 Å². The average Bonchev–Trinajstić information content (AvgIpc) is 3.04. The fourth-order valence-corrected chi connectivity index (χ4v) is 3.62. The van der Waals surface area contributed by atoms with Gasteiger partial charge in [0.25, 0.3) is 11.7 Å². The van der Waals surface area contributed by atoms with E-state index in [0.717, 1.165) is 31.2 Å². The van der Waals surface area contributed by atoms with Crippen molar-refractivity contribution < 1.29 is 23.8 Å². The molecule has 1 heterocycles. The molecule has 1 N–H and O–H groups in total. The fourth-order valence-electron chi connectivity index (χ4n) is 3.62. The first-order valence-electron chi connectivity index (χ1n) is 9.63. The van der Waals surface area contributed by atoms with Gasteiger partial charge >= 0.3 is 5.97 Å². The number of fused-ring (bicyclic) bond motifs is 1. The summed E-state index contributed by atoms with van der Waals surface area (Å²) in [5.41, 5.74) is 1.43. The van der Waals surface area contributed by atoms with Crippen molar-refractivity contribution >= 4 is 17.6 Å². The van der Waals surface area contributed by atoms with Crippen LogP contribution < -0.4 is 14.8 Å². The molecule has 1 aliphatic heterocycles. The number of anilines is 1. The molecule has 4 rings (SSSR count). The Bertz CT molecular complexity index is 858. The van der Waals surface area contributed by atoms with Crippen molar-refractivity contribution in [3.8, 4) is 11.5 Å². The average molecular weight is 381 g/mol. The summed E-state index contributed by atoms with van der Waals surface area (Å²) in [6.07, 6.45) is 5.27. The Kier molecular flexibility index (Phi) is 5.19. The summed E-state index contributed by atoms with van der Waals surface area (Å²) in [5.74, 6) is -0.0372. The normalized spacial score (nSPS) is 16.6. The van der Waals surface area contributed by atoms with Crippen molar-refractivity contribution in [2.45, 2.75) is 44.3 Å². The third-order valence-corrected chi connectivity index (χ3v) is 4.99. The number of carbonyl (C=O) groups is 2. The summed E-state index contributed by atoms with van der Waals surface area (Å²) in [6.45, 7) is -0.329. The number of hydrogen-bond donors (Lipinski definition) is 1. The molecule has 1 saturated carbocycles. The lowest BCUT2D eigenvalue weighted by molar-refractivity contribution is -0.146. The lowest BCUT2D eigenvalue weighted by Gasteiger charge is -2.31. The molecule has 1 fully saturated rings. The Morgan fingerprint density at radius 1 is 0.964 bits per heavy atom. The molecule has 0 unspecified atom stereocenters. The Labute approximate surface area is 163 Å². The van der Waals surface area contributed by atoms with E-state index >= 15 is 0 Å². The first kappa shape index (κ1) is 18.3. The predicted molar refractivity (Wildman–Crippen MR) is 103 cm³/mol. The first-order chi connectivity index (χ1) is 13.6. The Hall–Kier alpha value is -3.02. The van der Waals surface area contributed by atoms with Crippen molar-refractivity contribution in [3.05, 3.63) is 54.1 Å². The van der Waals surface area contributed by atoms with Gasteiger partial charge in [0.1, 0.15) is 0 Å². The smallest absolute Gasteiger partial charge is 0.310 e. The van der Waals surface area contributed by atoms with Crippen LogP contribution in [0.3, 0.4) is 0 Å². The standard InChI is InChI=1S/C22H23NO5/c24-20(15-26-21(25)13-16-7-3-1-4-8-16)23-17-9-10-18-19(14-17)28-22(27-18)11-5-2-6-12-22/h1,3-4,7-10,14H,2,5-6,11-13,15H2,(H,23,24). The van der Waals surface area contributed by atoms with Gasteiger partial charge in [-0.3, -0.25) is 9.59 Å². The van der Waals surface area contributed by atoms with Crippen LogP contribution in [0.2, 0.25) is 0 Å². The van der Waals surface area contributed by atoms with E-state index in [1.54, 1.807) is 18.2 Å². The molecule has 0 atom stereocenters. The topological polar surface area (TPSA) is 73.9 Å². The van der Waals surface area contributed by atoms with Crippen molar-refractivity contribution in [3.63, 3.8) is 0 Å². The minimum absolute atomic E-state index is 0.139. The van der Waals surface area contributed by atoms with Crippen LogP contribution in [-0.4, -0.2) is 24.3 Å². The highest BCUT2D eigenvalue weighted by atomic mass is 16.7. The second kappa shape index (κ2) is 7.92. The van der Waals surface area contributed by atoms with Gasteiger partial charge in [-0.25, -0.2) is 0 Å². The quantitative estimate of drug-likeness (QED) is 0.797. The third-order valence-electron chi connectivity index (χ3n) is 4.99. The van der Waals surface area contributed by atoms with Gasteiger partial charge in [-0.2, -0.15) is 0 Å². The Morgan fingerprint density at radius 3 is 2.50 bits per heavy atom. The lowest BCUT2D eigenvalue weighted by Crippen LogP contribution is -2.40. The molecule has 2 aromatic rings. The van der Waals surface area contributed by atoms with Crippen LogP contribution in [0.15, 0.2) is 48.5 Å². The largest absolute Gasteiger partial charge is 0.455 e. The molecule has 0 radical (unpaired) electrons. The van der Waals surface area contributed by atoms with Crippen LogP contribution in [0.4, 0.5) is 5.69 Å². The van der Waals surface area contributed by atoms with E-state index in [-0.39, 0.29) is 13.0 Å². The van der Waals surface area contributed by atoms with Crippen molar-refractivity contribution in [1.82, 2.24) is 0 Å². The van der Waals surface area contributed by atoms with Crippen LogP contribution in [0.5, 0.6) is 11.5 Å². The number of carbonyl (C=O) groups excluding carboxylic acids is 2. The molecule has 1 amide bonds. The molecule has 0 saturated heterocycles. The molecule has 1 spiro atoms. The van der Waals surface area contributed by atoms with Crippen molar-refractivity contribution in [2.75, 3.05) is 11.9 Å². The molecule has 2 aromatic carbocycles. The predicted octanol–water partition coefficient (Wildman–Crippen LogP) is 3.84. The zero-order chi connectivity index (χ0) is 19.4. The molecule has 0 bridgehead atoms. The van der Waals surface area contributed by atoms with Crippen LogP contribution in [0, 0.1) is 0 Å². The van der Waals surface area contributed by atoms with E-state index in [1.807, 2.05) is 30.3 Å². The monoisotopic (exact) mass is 381 g/mol. The number of benzene rings is 2. The Balaban J connectivity index is 1.29. The lowest BCUT2D eigenvalue weighted by atomic mass is 9.94. The number of esters is 1. The second-order valence-corrected chi connectivity index (χ2v) is 7.21. The van der Waals surface area contributed by atoms with E-state index in [2.05, 4.69) is 5.32 Å². The number of rotatable bonds is 5. The van der Waals surface area contributed by atoms with Gasteiger partial charge in [-0.1, -0.05) is 36.8 Å². The highest BCUT2D eigenvalue weighted by molar-refractivity contribution is 5.93. The molecule has 1 aliphatic carbocycles. The number of nitrogens with one attached hydrogen (secondary N) is 1. The summed E-state index contributed by atoms with van der Waals surface area (Å²) >= 11 is 0. The van der Waals surface area contributed by atoms with Gasteiger partial charge in [0.05, 0.1) is 6.42 Å². The highest BCUT2D eigenvalue weighted by Crippen LogP contribution is 2.46. The third kappa shape index (κ3) is 4.27. The molecule has 146 valence electrons. The highest BCUT2D eigenvalue weighted by Gasteiger charge is 2.42. The van der Waals surface area contributed by atoms with Crippen LogP contribution in [-0.2, 0) is 20.7 Å². The van der Waals surface area contributed by atoms with Gasteiger partial charge in [-0.05, 0) is 30.5 Å². The second-order valence-electron chi connectivity index (χ2n) is 7.21. The molecular weight excluding hydrogens is 358 g/mol. The van der Waals surface area contributed by atoms with Crippen molar-refractivity contribution in [2.24, 2.45) is 0 Å². The van der Waals surface area contributed by atoms with Crippen LogP contribution >= 0.6 is 0 Å². The summed E-state index contributed by atoms with van der Waals surface area (Å²) in [7, 11) is 0. The molecule has 0 aromatic heterocycles. The minimum atomic E-state index is -0.545. The van der Waals surface area contributed by atoms with E-state index < -0.39 is 17.7 Å². The maximum Gasteiger partial charge on any atom is 0.310 e. The molecule has 6 heteroatoms. The Morgan fingerprint density at radius 2 is 1.71 bits per heavy atom. The molecular formula is C22H23NO5. The van der Waals surface area contributed by atoms with E-state index in [0.29, 0.717) is 17.2 Å².